The van der Waals surface area contributed by atoms with Gasteiger partial charge in [0.1, 0.15) is 0 Å². The van der Waals surface area contributed by atoms with E-state index in [9.17, 15) is 14.7 Å². The maximum Gasteiger partial charge on any atom is 0.407 e. The number of nitrogens with zero attached hydrogens (tertiary/aromatic N) is 3. The van der Waals surface area contributed by atoms with Gasteiger partial charge in [-0.05, 0) is 49.2 Å². The first-order chi connectivity index (χ1) is 14.4. The van der Waals surface area contributed by atoms with Gasteiger partial charge in [-0.1, -0.05) is 32.4 Å². The Morgan fingerprint density at radius 3 is 2.68 bits per heavy atom. The minimum absolute atomic E-state index is 0.00204. The third-order valence-electron chi connectivity index (χ3n) is 6.58. The number of carboxylic acid groups (broad SMARTS) is 1. The Morgan fingerprint density at radius 1 is 1.32 bits per heavy atom. The molecule has 1 aromatic heterocycles. The molecule has 2 heterocycles. The van der Waals surface area contributed by atoms with Crippen LogP contribution in [0, 0.1) is 0 Å². The zero-order chi connectivity index (χ0) is 23.0. The molecule has 0 unspecified atom stereocenters. The minimum Gasteiger partial charge on any atom is -0.465 e. The Labute approximate surface area is 189 Å². The third-order valence-corrected chi connectivity index (χ3v) is 11.3. The van der Waals surface area contributed by atoms with E-state index in [0.29, 0.717) is 11.6 Å². The maximum absolute atomic E-state index is 13.0. The van der Waals surface area contributed by atoms with Crippen LogP contribution in [0.3, 0.4) is 0 Å². The minimum atomic E-state index is -2.12. The lowest BCUT2D eigenvalue weighted by Gasteiger charge is -2.45. The number of likely N-dealkylation sites (tertiary alicyclic amines) is 1. The van der Waals surface area contributed by atoms with Crippen LogP contribution in [-0.4, -0.2) is 58.4 Å². The van der Waals surface area contributed by atoms with Gasteiger partial charge in [-0.25, -0.2) is 9.78 Å². The summed E-state index contributed by atoms with van der Waals surface area (Å²) in [7, 11) is -2.12. The van der Waals surface area contributed by atoms with Crippen molar-refractivity contribution in [2.24, 2.45) is 0 Å². The molecule has 0 bridgehead atoms. The first-order valence-electron chi connectivity index (χ1n) is 10.7. The SMILES string of the molecule is CC(C)(C)[Si](C)(C)O[C@H]1CCCN(C(=O)O)[C@@H]1CC(=O)Cn1cnc2ccc(Cl)cc21. The molecule has 7 nitrogen and oxygen atoms in total. The van der Waals surface area contributed by atoms with Crippen LogP contribution in [0.15, 0.2) is 24.5 Å². The summed E-state index contributed by atoms with van der Waals surface area (Å²) in [5, 5.41) is 10.3. The van der Waals surface area contributed by atoms with Gasteiger partial charge < -0.3 is 19.0 Å². The quantitative estimate of drug-likeness (QED) is 0.594. The molecule has 31 heavy (non-hydrogen) atoms. The normalized spacial score (nSPS) is 20.3. The Hall–Kier alpha value is -1.90. The molecule has 1 aliphatic heterocycles. The Bertz CT molecular complexity index is 969. The number of carbonyl (C=O) groups excluding carboxylic acids is 1. The molecular weight excluding hydrogens is 434 g/mol. The first-order valence-corrected chi connectivity index (χ1v) is 14.0. The molecule has 0 aliphatic carbocycles. The number of carbonyl (C=O) groups is 2. The molecule has 1 fully saturated rings. The summed E-state index contributed by atoms with van der Waals surface area (Å²) in [5.74, 6) is -0.0544. The van der Waals surface area contributed by atoms with E-state index in [4.69, 9.17) is 16.0 Å². The van der Waals surface area contributed by atoms with Gasteiger partial charge in [0.25, 0.3) is 0 Å². The number of ketones is 1. The van der Waals surface area contributed by atoms with Crippen LogP contribution in [0.1, 0.15) is 40.0 Å². The number of aromatic nitrogens is 2. The highest BCUT2D eigenvalue weighted by atomic mass is 35.5. The van der Waals surface area contributed by atoms with Gasteiger partial charge in [-0.3, -0.25) is 4.79 Å². The second-order valence-corrected chi connectivity index (χ2v) is 15.0. The Morgan fingerprint density at radius 2 is 2.03 bits per heavy atom. The van der Waals surface area contributed by atoms with E-state index in [1.165, 1.54) is 4.90 Å². The van der Waals surface area contributed by atoms with Gasteiger partial charge >= 0.3 is 6.09 Å². The Balaban J connectivity index is 1.80. The summed E-state index contributed by atoms with van der Waals surface area (Å²) in [6.07, 6.45) is 1.97. The average molecular weight is 466 g/mol. The number of halogens is 1. The van der Waals surface area contributed by atoms with E-state index in [0.717, 1.165) is 23.9 Å². The highest BCUT2D eigenvalue weighted by molar-refractivity contribution is 6.74. The van der Waals surface area contributed by atoms with Crippen LogP contribution in [0.5, 0.6) is 0 Å². The molecule has 2 aromatic rings. The third kappa shape index (κ3) is 5.30. The molecule has 170 valence electrons. The van der Waals surface area contributed by atoms with Crippen molar-refractivity contribution in [3.8, 4) is 0 Å². The van der Waals surface area contributed by atoms with Gasteiger partial charge in [-0.2, -0.15) is 0 Å². The standard InChI is InChI=1S/C22H32ClN3O4Si/c1-22(2,3)31(4,5)30-20-7-6-10-26(21(28)29)19(20)12-16(27)13-25-14-24-17-9-8-15(23)11-18(17)25/h8-9,11,14,19-20H,6-7,10,12-13H2,1-5H3,(H,28,29)/t19-,20+/m1/s1. The summed E-state index contributed by atoms with van der Waals surface area (Å²) in [5.41, 5.74) is 1.55. The number of piperidine rings is 1. The van der Waals surface area contributed by atoms with E-state index >= 15 is 0 Å². The van der Waals surface area contributed by atoms with Crippen LogP contribution < -0.4 is 0 Å². The van der Waals surface area contributed by atoms with Crippen LogP contribution in [-0.2, 0) is 15.8 Å². The lowest BCUT2D eigenvalue weighted by atomic mass is 9.95. The van der Waals surface area contributed by atoms with Crippen molar-refractivity contribution in [3.05, 3.63) is 29.5 Å². The van der Waals surface area contributed by atoms with Crippen LogP contribution in [0.4, 0.5) is 4.79 Å². The molecule has 1 amide bonds. The van der Waals surface area contributed by atoms with E-state index in [1.807, 2.05) is 6.07 Å². The van der Waals surface area contributed by atoms with Gasteiger partial charge in [0.2, 0.25) is 0 Å². The molecule has 1 saturated heterocycles. The van der Waals surface area contributed by atoms with Crippen molar-refractivity contribution >= 4 is 42.8 Å². The fourth-order valence-corrected chi connectivity index (χ4v) is 5.39. The molecule has 0 radical (unpaired) electrons. The zero-order valence-electron chi connectivity index (χ0n) is 18.9. The molecule has 1 aliphatic rings. The van der Waals surface area contributed by atoms with E-state index in [1.54, 1.807) is 23.0 Å². The topological polar surface area (TPSA) is 84.7 Å². The van der Waals surface area contributed by atoms with E-state index < -0.39 is 20.5 Å². The van der Waals surface area contributed by atoms with Crippen LogP contribution in [0.2, 0.25) is 23.2 Å². The van der Waals surface area contributed by atoms with Gasteiger partial charge in [0.15, 0.2) is 14.1 Å². The first kappa shape index (κ1) is 23.8. The zero-order valence-corrected chi connectivity index (χ0v) is 20.6. The Kier molecular flexibility index (Phi) is 6.83. The lowest BCUT2D eigenvalue weighted by molar-refractivity contribution is -0.122. The number of fused-ring (bicyclic) bond motifs is 1. The van der Waals surface area contributed by atoms with Crippen molar-refractivity contribution < 1.29 is 19.1 Å². The molecule has 1 N–H and O–H groups in total. The summed E-state index contributed by atoms with van der Waals surface area (Å²) >= 11 is 6.10. The van der Waals surface area contributed by atoms with Crippen molar-refractivity contribution in [2.45, 2.75) is 76.9 Å². The molecule has 3 rings (SSSR count). The van der Waals surface area contributed by atoms with Gasteiger partial charge in [0.05, 0.1) is 36.1 Å². The van der Waals surface area contributed by atoms with Crippen LogP contribution >= 0.6 is 11.6 Å². The highest BCUT2D eigenvalue weighted by Crippen LogP contribution is 2.39. The number of amides is 1. The molecule has 1 aromatic carbocycles. The summed E-state index contributed by atoms with van der Waals surface area (Å²) in [6, 6.07) is 4.88. The van der Waals surface area contributed by atoms with Crippen molar-refractivity contribution in [2.75, 3.05) is 6.54 Å². The highest BCUT2D eigenvalue weighted by Gasteiger charge is 2.44. The predicted molar refractivity (Wildman–Crippen MR) is 124 cm³/mol. The summed E-state index contributed by atoms with van der Waals surface area (Å²) < 4.78 is 8.37. The number of imidazole rings is 1. The van der Waals surface area contributed by atoms with Crippen molar-refractivity contribution in [3.63, 3.8) is 0 Å². The number of rotatable bonds is 6. The second-order valence-electron chi connectivity index (χ2n) is 9.85. The molecule has 2 atom stereocenters. The second kappa shape index (κ2) is 8.92. The monoisotopic (exact) mass is 465 g/mol. The number of benzene rings is 1. The van der Waals surface area contributed by atoms with Crippen molar-refractivity contribution in [1.82, 2.24) is 14.5 Å². The summed E-state index contributed by atoms with van der Waals surface area (Å²) in [6.45, 7) is 11.3. The fourth-order valence-electron chi connectivity index (χ4n) is 3.84. The maximum atomic E-state index is 13.0. The lowest BCUT2D eigenvalue weighted by Crippen LogP contribution is -2.56. The predicted octanol–water partition coefficient (Wildman–Crippen LogP) is 5.18. The molecular formula is C22H32ClN3O4Si. The number of Topliss-reactive ketones (excluding diaryl/α,β-unsaturated/α-hetero) is 1. The number of hydrogen-bond donors (Lipinski definition) is 1. The fraction of sp³-hybridized carbons (Fsp3) is 0.591. The smallest absolute Gasteiger partial charge is 0.407 e. The summed E-state index contributed by atoms with van der Waals surface area (Å²) in [4.78, 5) is 30.7. The van der Waals surface area contributed by atoms with Crippen molar-refractivity contribution in [1.29, 1.82) is 0 Å². The van der Waals surface area contributed by atoms with E-state index in [2.05, 4.69) is 38.8 Å². The van der Waals surface area contributed by atoms with E-state index in [-0.39, 0.29) is 29.9 Å². The number of hydrogen-bond acceptors (Lipinski definition) is 4. The largest absolute Gasteiger partial charge is 0.465 e. The average Bonchev–Trinajstić information content (AvgIpc) is 3.03. The van der Waals surface area contributed by atoms with Gasteiger partial charge in [0, 0.05) is 18.0 Å². The van der Waals surface area contributed by atoms with Gasteiger partial charge in [-0.15, -0.1) is 0 Å². The molecule has 0 saturated carbocycles. The van der Waals surface area contributed by atoms with Crippen LogP contribution in [0.25, 0.3) is 11.0 Å². The molecule has 0 spiro atoms. The molecule has 9 heteroatoms.